The van der Waals surface area contributed by atoms with Crippen LogP contribution >= 0.6 is 0 Å². The molecule has 0 atom stereocenters. The Balaban J connectivity index is 1.49. The maximum atomic E-state index is 3.55. The van der Waals surface area contributed by atoms with Crippen LogP contribution in [-0.4, -0.2) is 13.1 Å². The van der Waals surface area contributed by atoms with E-state index in [2.05, 4.69) is 66.0 Å². The Morgan fingerprint density at radius 2 is 1.68 bits per heavy atom. The van der Waals surface area contributed by atoms with Crippen molar-refractivity contribution in [2.75, 3.05) is 13.1 Å². The van der Waals surface area contributed by atoms with Crippen LogP contribution in [0.2, 0.25) is 0 Å². The smallest absolute Gasteiger partial charge is 0.0208 e. The van der Waals surface area contributed by atoms with Gasteiger partial charge in [0.1, 0.15) is 0 Å². The quantitative estimate of drug-likeness (QED) is 0.800. The van der Waals surface area contributed by atoms with E-state index < -0.39 is 0 Å². The zero-order valence-corrected chi connectivity index (χ0v) is 11.1. The van der Waals surface area contributed by atoms with Gasteiger partial charge in [-0.25, -0.2) is 0 Å². The lowest BCUT2D eigenvalue weighted by atomic mass is 10.1. The lowest BCUT2D eigenvalue weighted by Crippen LogP contribution is -2.19. The van der Waals surface area contributed by atoms with Crippen LogP contribution in [0.3, 0.4) is 0 Å². The first kappa shape index (κ1) is 12.2. The van der Waals surface area contributed by atoms with Crippen LogP contribution in [0.25, 0.3) is 5.57 Å². The minimum Gasteiger partial charge on any atom is -0.312 e. The molecule has 0 radical (unpaired) electrons. The lowest BCUT2D eigenvalue weighted by Gasteiger charge is -2.08. The first-order chi connectivity index (χ1) is 9.43. The first-order valence-electron chi connectivity index (χ1n) is 6.95. The van der Waals surface area contributed by atoms with Crippen LogP contribution in [0.4, 0.5) is 0 Å². The molecule has 0 aliphatic heterocycles. The van der Waals surface area contributed by atoms with E-state index in [1.54, 1.807) is 0 Å². The molecule has 0 amide bonds. The summed E-state index contributed by atoms with van der Waals surface area (Å²) in [5, 5.41) is 3.55. The van der Waals surface area contributed by atoms with Gasteiger partial charge in [0.05, 0.1) is 0 Å². The van der Waals surface area contributed by atoms with Crippen molar-refractivity contribution in [3.63, 3.8) is 0 Å². The van der Waals surface area contributed by atoms with E-state index in [0.717, 1.165) is 25.9 Å². The van der Waals surface area contributed by atoms with Gasteiger partial charge in [-0.2, -0.15) is 0 Å². The SMILES string of the molecule is C1=C(CNCCc2ccccc2)c2ccccc2C1. The second-order valence-electron chi connectivity index (χ2n) is 5.00. The predicted molar refractivity (Wildman–Crippen MR) is 81.1 cm³/mol. The third kappa shape index (κ3) is 2.94. The summed E-state index contributed by atoms with van der Waals surface area (Å²) in [6, 6.07) is 19.3. The van der Waals surface area contributed by atoms with Crippen LogP contribution in [0.5, 0.6) is 0 Å². The summed E-state index contributed by atoms with van der Waals surface area (Å²) in [4.78, 5) is 0. The van der Waals surface area contributed by atoms with Gasteiger partial charge in [0.25, 0.3) is 0 Å². The van der Waals surface area contributed by atoms with Gasteiger partial charge in [0.15, 0.2) is 0 Å². The fourth-order valence-corrected chi connectivity index (χ4v) is 2.62. The predicted octanol–water partition coefficient (Wildman–Crippen LogP) is 3.46. The molecule has 0 spiro atoms. The summed E-state index contributed by atoms with van der Waals surface area (Å²) in [5.74, 6) is 0. The largest absolute Gasteiger partial charge is 0.312 e. The molecule has 0 bridgehead atoms. The molecule has 1 aliphatic carbocycles. The van der Waals surface area contributed by atoms with E-state index in [-0.39, 0.29) is 0 Å². The summed E-state index contributed by atoms with van der Waals surface area (Å²) < 4.78 is 0. The molecular weight excluding hydrogens is 230 g/mol. The average Bonchev–Trinajstić information content (AvgIpc) is 2.88. The number of hydrogen-bond donors (Lipinski definition) is 1. The third-order valence-corrected chi connectivity index (χ3v) is 3.68. The van der Waals surface area contributed by atoms with Crippen molar-refractivity contribution in [3.8, 4) is 0 Å². The van der Waals surface area contributed by atoms with Crippen LogP contribution in [0.15, 0.2) is 60.7 Å². The molecule has 1 nitrogen and oxygen atoms in total. The molecule has 3 rings (SSSR count). The molecule has 19 heavy (non-hydrogen) atoms. The van der Waals surface area contributed by atoms with Gasteiger partial charge in [-0.15, -0.1) is 0 Å². The zero-order chi connectivity index (χ0) is 12.9. The van der Waals surface area contributed by atoms with Crippen LogP contribution < -0.4 is 5.32 Å². The van der Waals surface area contributed by atoms with Gasteiger partial charge in [-0.1, -0.05) is 60.7 Å². The standard InChI is InChI=1S/C18H19N/c1-2-6-15(7-3-1)12-13-19-14-17-11-10-16-8-4-5-9-18(16)17/h1-9,11,19H,10,12-14H2. The van der Waals surface area contributed by atoms with Crippen molar-refractivity contribution < 1.29 is 0 Å². The van der Waals surface area contributed by atoms with Gasteiger partial charge >= 0.3 is 0 Å². The van der Waals surface area contributed by atoms with Crippen LogP contribution in [0.1, 0.15) is 16.7 Å². The number of rotatable bonds is 5. The van der Waals surface area contributed by atoms with E-state index in [4.69, 9.17) is 0 Å². The molecule has 1 N–H and O–H groups in total. The van der Waals surface area contributed by atoms with Crippen molar-refractivity contribution >= 4 is 5.57 Å². The highest BCUT2D eigenvalue weighted by molar-refractivity contribution is 5.74. The number of allylic oxidation sites excluding steroid dienone is 1. The monoisotopic (exact) mass is 249 g/mol. The van der Waals surface area contributed by atoms with Crippen molar-refractivity contribution in [2.24, 2.45) is 0 Å². The Morgan fingerprint density at radius 3 is 2.58 bits per heavy atom. The van der Waals surface area contributed by atoms with Gasteiger partial charge in [-0.3, -0.25) is 0 Å². The fourth-order valence-electron chi connectivity index (χ4n) is 2.62. The van der Waals surface area contributed by atoms with Gasteiger partial charge in [0, 0.05) is 6.54 Å². The summed E-state index contributed by atoms with van der Waals surface area (Å²) in [6.07, 6.45) is 4.53. The van der Waals surface area contributed by atoms with E-state index >= 15 is 0 Å². The molecule has 2 aromatic carbocycles. The maximum absolute atomic E-state index is 3.55. The van der Waals surface area contributed by atoms with E-state index in [1.807, 2.05) is 0 Å². The molecule has 96 valence electrons. The minimum atomic E-state index is 0.976. The summed E-state index contributed by atoms with van der Waals surface area (Å²) >= 11 is 0. The number of nitrogens with one attached hydrogen (secondary N) is 1. The topological polar surface area (TPSA) is 12.0 Å². The highest BCUT2D eigenvalue weighted by Gasteiger charge is 2.11. The number of benzene rings is 2. The van der Waals surface area contributed by atoms with E-state index in [0.29, 0.717) is 0 Å². The molecule has 0 saturated carbocycles. The molecule has 1 aliphatic rings. The molecule has 0 aromatic heterocycles. The Bertz CT molecular complexity index is 569. The molecule has 0 fully saturated rings. The minimum absolute atomic E-state index is 0.976. The summed E-state index contributed by atoms with van der Waals surface area (Å²) in [6.45, 7) is 2.01. The van der Waals surface area contributed by atoms with Gasteiger partial charge < -0.3 is 5.32 Å². The Labute approximate surface area is 115 Å². The molecule has 0 unspecified atom stereocenters. The van der Waals surface area contributed by atoms with Crippen LogP contribution in [0, 0.1) is 0 Å². The highest BCUT2D eigenvalue weighted by Crippen LogP contribution is 2.26. The molecule has 0 saturated heterocycles. The number of fused-ring (bicyclic) bond motifs is 1. The average molecular weight is 249 g/mol. The zero-order valence-electron chi connectivity index (χ0n) is 11.1. The van der Waals surface area contributed by atoms with Crippen molar-refractivity contribution in [2.45, 2.75) is 12.8 Å². The maximum Gasteiger partial charge on any atom is 0.0208 e. The highest BCUT2D eigenvalue weighted by atomic mass is 14.8. The third-order valence-electron chi connectivity index (χ3n) is 3.68. The number of hydrogen-bond acceptors (Lipinski definition) is 1. The first-order valence-corrected chi connectivity index (χ1v) is 6.95. The second-order valence-corrected chi connectivity index (χ2v) is 5.00. The van der Waals surface area contributed by atoms with E-state index in [9.17, 15) is 0 Å². The second kappa shape index (κ2) is 5.85. The summed E-state index contributed by atoms with van der Waals surface area (Å²) in [7, 11) is 0. The summed E-state index contributed by atoms with van der Waals surface area (Å²) in [5.41, 5.74) is 5.73. The van der Waals surface area contributed by atoms with Crippen molar-refractivity contribution in [1.82, 2.24) is 5.32 Å². The Kier molecular flexibility index (Phi) is 3.75. The van der Waals surface area contributed by atoms with Gasteiger partial charge in [-0.05, 0) is 41.6 Å². The molecule has 0 heterocycles. The Hall–Kier alpha value is -1.86. The fraction of sp³-hybridized carbons (Fsp3) is 0.222. The van der Waals surface area contributed by atoms with Crippen molar-refractivity contribution in [3.05, 3.63) is 77.4 Å². The Morgan fingerprint density at radius 1 is 0.895 bits per heavy atom. The molecule has 1 heteroatoms. The van der Waals surface area contributed by atoms with Crippen molar-refractivity contribution in [1.29, 1.82) is 0 Å². The normalized spacial score (nSPS) is 13.2. The molecular formula is C18H19N. The van der Waals surface area contributed by atoms with Gasteiger partial charge in [0.2, 0.25) is 0 Å². The lowest BCUT2D eigenvalue weighted by molar-refractivity contribution is 0.751. The van der Waals surface area contributed by atoms with E-state index in [1.165, 1.54) is 22.3 Å². The van der Waals surface area contributed by atoms with Crippen LogP contribution in [-0.2, 0) is 12.8 Å². The molecule has 2 aromatic rings.